The molecule has 4 nitrogen and oxygen atoms in total. The molecule has 0 aromatic heterocycles. The molecule has 0 aromatic rings. The molecule has 4 N–H and O–H groups in total. The molecule has 0 aliphatic rings. The summed E-state index contributed by atoms with van der Waals surface area (Å²) in [5.41, 5.74) is 5.46. The van der Waals surface area contributed by atoms with E-state index >= 15 is 0 Å². The minimum Gasteiger partial charge on any atom is -0.393 e. The maximum atomic E-state index is 7.05. The molecule has 0 bridgehead atoms. The van der Waals surface area contributed by atoms with Crippen molar-refractivity contribution < 1.29 is 0 Å². The summed E-state index contributed by atoms with van der Waals surface area (Å²) in [5.74, 6) is 0.211. The topological polar surface area (TPSA) is 74.3 Å². The Morgan fingerprint density at radius 3 is 2.46 bits per heavy atom. The SMILES string of the molecule is C=CN/C(N=C(C)Cl)=C(\N)C(=N)Cl. The first kappa shape index (κ1) is 12.0. The lowest BCUT2D eigenvalue weighted by Gasteiger charge is -2.04. The first-order chi connectivity index (χ1) is 5.99. The van der Waals surface area contributed by atoms with Crippen LogP contribution in [0.2, 0.25) is 0 Å². The van der Waals surface area contributed by atoms with E-state index in [1.54, 1.807) is 6.92 Å². The molecule has 0 heterocycles. The zero-order valence-electron chi connectivity index (χ0n) is 7.06. The molecule has 0 amide bonds. The zero-order chi connectivity index (χ0) is 10.4. The van der Waals surface area contributed by atoms with E-state index in [9.17, 15) is 0 Å². The number of nitrogens with zero attached hydrogens (tertiary/aromatic N) is 1. The van der Waals surface area contributed by atoms with Crippen molar-refractivity contribution in [1.29, 1.82) is 5.41 Å². The van der Waals surface area contributed by atoms with Crippen LogP contribution in [0.4, 0.5) is 0 Å². The van der Waals surface area contributed by atoms with Crippen molar-refractivity contribution in [3.63, 3.8) is 0 Å². The molecular formula is C7H10Cl2N4. The summed E-state index contributed by atoms with van der Waals surface area (Å²) in [7, 11) is 0. The summed E-state index contributed by atoms with van der Waals surface area (Å²) in [5, 5.41) is 9.65. The van der Waals surface area contributed by atoms with E-state index in [1.165, 1.54) is 6.20 Å². The summed E-state index contributed by atoms with van der Waals surface area (Å²) in [6, 6.07) is 0. The van der Waals surface area contributed by atoms with Crippen molar-refractivity contribution in [3.05, 3.63) is 24.3 Å². The van der Waals surface area contributed by atoms with Crippen molar-refractivity contribution in [1.82, 2.24) is 5.32 Å². The molecule has 0 fully saturated rings. The fourth-order valence-electron chi connectivity index (χ4n) is 0.525. The highest BCUT2D eigenvalue weighted by Gasteiger charge is 2.04. The number of hydrogen-bond donors (Lipinski definition) is 3. The van der Waals surface area contributed by atoms with Crippen LogP contribution in [-0.4, -0.2) is 10.3 Å². The summed E-state index contributed by atoms with van der Waals surface area (Å²) in [6.07, 6.45) is 1.37. The van der Waals surface area contributed by atoms with Gasteiger partial charge in [-0.05, 0) is 13.1 Å². The largest absolute Gasteiger partial charge is 0.393 e. The molecule has 0 unspecified atom stereocenters. The van der Waals surface area contributed by atoms with Crippen LogP contribution in [0.25, 0.3) is 0 Å². The van der Waals surface area contributed by atoms with Gasteiger partial charge in [0, 0.05) is 0 Å². The molecule has 0 radical (unpaired) electrons. The highest BCUT2D eigenvalue weighted by molar-refractivity contribution is 6.68. The fraction of sp³-hybridized carbons (Fsp3) is 0.143. The van der Waals surface area contributed by atoms with Crippen molar-refractivity contribution in [3.8, 4) is 0 Å². The maximum absolute atomic E-state index is 7.05. The van der Waals surface area contributed by atoms with E-state index in [0.717, 1.165) is 0 Å². The van der Waals surface area contributed by atoms with Crippen molar-refractivity contribution >= 4 is 33.5 Å². The number of nitrogens with two attached hydrogens (primary N) is 1. The monoisotopic (exact) mass is 220 g/mol. The molecule has 0 aliphatic carbocycles. The third-order valence-corrected chi connectivity index (χ3v) is 1.28. The molecule has 0 saturated carbocycles. The highest BCUT2D eigenvalue weighted by atomic mass is 35.5. The summed E-state index contributed by atoms with van der Waals surface area (Å²) in [4.78, 5) is 3.82. The van der Waals surface area contributed by atoms with Gasteiger partial charge in [-0.1, -0.05) is 29.8 Å². The van der Waals surface area contributed by atoms with Gasteiger partial charge in [-0.3, -0.25) is 5.41 Å². The first-order valence-corrected chi connectivity index (χ1v) is 4.07. The fourth-order valence-corrected chi connectivity index (χ4v) is 0.699. The van der Waals surface area contributed by atoms with Crippen LogP contribution in [0.5, 0.6) is 0 Å². The Kier molecular flexibility index (Phi) is 5.18. The van der Waals surface area contributed by atoms with Crippen molar-refractivity contribution in [2.24, 2.45) is 10.7 Å². The predicted octanol–water partition coefficient (Wildman–Crippen LogP) is 1.72. The predicted molar refractivity (Wildman–Crippen MR) is 57.1 cm³/mol. The molecule has 0 rings (SSSR count). The summed E-state index contributed by atoms with van der Waals surface area (Å²) >= 11 is 10.9. The number of aliphatic imine (C=N–C) groups is 1. The van der Waals surface area contributed by atoms with Crippen LogP contribution in [0, 0.1) is 5.41 Å². The third kappa shape index (κ3) is 4.55. The van der Waals surface area contributed by atoms with E-state index < -0.39 is 0 Å². The molecule has 0 aromatic carbocycles. The second-order valence-corrected chi connectivity index (χ2v) is 2.96. The van der Waals surface area contributed by atoms with Crippen molar-refractivity contribution in [2.45, 2.75) is 6.92 Å². The second kappa shape index (κ2) is 5.61. The van der Waals surface area contributed by atoms with Gasteiger partial charge in [-0.2, -0.15) is 0 Å². The number of rotatable bonds is 4. The lowest BCUT2D eigenvalue weighted by Crippen LogP contribution is -2.16. The van der Waals surface area contributed by atoms with Gasteiger partial charge in [0.15, 0.2) is 5.82 Å². The highest BCUT2D eigenvalue weighted by Crippen LogP contribution is 2.03. The van der Waals surface area contributed by atoms with Crippen molar-refractivity contribution in [2.75, 3.05) is 0 Å². The first-order valence-electron chi connectivity index (χ1n) is 3.31. The van der Waals surface area contributed by atoms with Gasteiger partial charge in [0.05, 0.1) is 0 Å². The van der Waals surface area contributed by atoms with E-state index in [0.29, 0.717) is 0 Å². The average Bonchev–Trinajstić information content (AvgIpc) is 2.01. The van der Waals surface area contributed by atoms with Crippen LogP contribution in [0.3, 0.4) is 0 Å². The van der Waals surface area contributed by atoms with Gasteiger partial charge in [-0.25, -0.2) is 4.99 Å². The van der Waals surface area contributed by atoms with Gasteiger partial charge >= 0.3 is 0 Å². The maximum Gasteiger partial charge on any atom is 0.157 e. The van der Waals surface area contributed by atoms with Gasteiger partial charge < -0.3 is 11.1 Å². The molecule has 72 valence electrons. The summed E-state index contributed by atoms with van der Waals surface area (Å²) < 4.78 is 0. The molecule has 0 saturated heterocycles. The molecule has 0 aliphatic heterocycles. The quantitative estimate of drug-likeness (QED) is 0.632. The summed E-state index contributed by atoms with van der Waals surface area (Å²) in [6.45, 7) is 5.00. The number of allylic oxidation sites excluding steroid dienone is 1. The van der Waals surface area contributed by atoms with Gasteiger partial charge in [0.1, 0.15) is 16.0 Å². The molecule has 0 atom stereocenters. The minimum absolute atomic E-state index is 0.0153. The zero-order valence-corrected chi connectivity index (χ0v) is 8.58. The lowest BCUT2D eigenvalue weighted by atomic mass is 10.4. The Bertz CT molecular complexity index is 276. The van der Waals surface area contributed by atoms with Crippen LogP contribution in [-0.2, 0) is 0 Å². The Morgan fingerprint density at radius 2 is 2.15 bits per heavy atom. The van der Waals surface area contributed by atoms with E-state index in [-0.39, 0.29) is 21.9 Å². The van der Waals surface area contributed by atoms with Crippen LogP contribution in [0.1, 0.15) is 6.92 Å². The standard InChI is InChI=1S/C7H10Cl2N4/c1-3-12-7(13-4(2)8)5(10)6(9)11/h3,11-12H,1,10H2,2H3/b7-5+,11-6?,13-4?. The Morgan fingerprint density at radius 1 is 1.62 bits per heavy atom. The van der Waals surface area contributed by atoms with Gasteiger partial charge in [-0.15, -0.1) is 0 Å². The normalized spacial score (nSPS) is 13.3. The second-order valence-electron chi connectivity index (χ2n) is 2.03. The van der Waals surface area contributed by atoms with E-state index in [1.807, 2.05) is 0 Å². The smallest absolute Gasteiger partial charge is 0.157 e. The molecular weight excluding hydrogens is 211 g/mol. The van der Waals surface area contributed by atoms with E-state index in [2.05, 4.69) is 16.9 Å². The third-order valence-electron chi connectivity index (χ3n) is 0.996. The molecule has 0 spiro atoms. The Hall–Kier alpha value is -1.00. The van der Waals surface area contributed by atoms with Crippen LogP contribution in [0.15, 0.2) is 29.3 Å². The number of hydrogen-bond acceptors (Lipinski definition) is 4. The Balaban J connectivity index is 4.99. The average molecular weight is 221 g/mol. The minimum atomic E-state index is -0.300. The van der Waals surface area contributed by atoms with Crippen LogP contribution < -0.4 is 11.1 Å². The molecule has 6 heteroatoms. The Labute approximate surface area is 86.6 Å². The lowest BCUT2D eigenvalue weighted by molar-refractivity contribution is 1.01. The number of halogens is 2. The molecule has 13 heavy (non-hydrogen) atoms. The van der Waals surface area contributed by atoms with E-state index in [4.69, 9.17) is 34.3 Å². The number of nitrogens with one attached hydrogen (secondary N) is 2. The van der Waals surface area contributed by atoms with Gasteiger partial charge in [0.25, 0.3) is 0 Å². The van der Waals surface area contributed by atoms with Crippen LogP contribution >= 0.6 is 23.2 Å². The van der Waals surface area contributed by atoms with Gasteiger partial charge in [0.2, 0.25) is 0 Å².